The highest BCUT2D eigenvalue weighted by Gasteiger charge is 2.11. The van der Waals surface area contributed by atoms with Crippen LogP contribution in [0.25, 0.3) is 0 Å². The van der Waals surface area contributed by atoms with Gasteiger partial charge in [-0.25, -0.2) is 9.78 Å². The van der Waals surface area contributed by atoms with E-state index < -0.39 is 5.97 Å². The molecule has 6 heteroatoms. The summed E-state index contributed by atoms with van der Waals surface area (Å²) in [5, 5.41) is 12.5. The van der Waals surface area contributed by atoms with E-state index >= 15 is 0 Å². The highest BCUT2D eigenvalue weighted by Crippen LogP contribution is 2.19. The first kappa shape index (κ1) is 11.9. The van der Waals surface area contributed by atoms with Gasteiger partial charge in [-0.15, -0.1) is 0 Å². The van der Waals surface area contributed by atoms with Gasteiger partial charge >= 0.3 is 5.97 Å². The number of ether oxygens (including phenoxy) is 1. The molecular formula is C9H14N2O3S. The Bertz CT molecular complexity index is 327. The van der Waals surface area contributed by atoms with Crippen molar-refractivity contribution in [1.82, 2.24) is 4.98 Å². The first-order chi connectivity index (χ1) is 7.17. The SMILES string of the molecule is CCC(COC)Nc1ncc(C(=O)O)s1. The summed E-state index contributed by atoms with van der Waals surface area (Å²) in [7, 11) is 1.63. The molecule has 0 aliphatic carbocycles. The van der Waals surface area contributed by atoms with Crippen molar-refractivity contribution in [1.29, 1.82) is 0 Å². The second kappa shape index (κ2) is 5.67. The third kappa shape index (κ3) is 3.49. The number of nitrogens with zero attached hydrogens (tertiary/aromatic N) is 1. The van der Waals surface area contributed by atoms with E-state index in [1.807, 2.05) is 6.92 Å². The number of aromatic carboxylic acids is 1. The highest BCUT2D eigenvalue weighted by atomic mass is 32.1. The van der Waals surface area contributed by atoms with Crippen LogP contribution in [-0.2, 0) is 4.74 Å². The molecule has 5 nitrogen and oxygen atoms in total. The fraction of sp³-hybridized carbons (Fsp3) is 0.556. The van der Waals surface area contributed by atoms with Crippen molar-refractivity contribution < 1.29 is 14.6 Å². The lowest BCUT2D eigenvalue weighted by Gasteiger charge is -2.14. The largest absolute Gasteiger partial charge is 0.477 e. The van der Waals surface area contributed by atoms with Crippen LogP contribution in [-0.4, -0.2) is 35.8 Å². The Kier molecular flexibility index (Phi) is 4.51. The number of rotatable bonds is 6. The van der Waals surface area contributed by atoms with Gasteiger partial charge in [0, 0.05) is 7.11 Å². The zero-order valence-electron chi connectivity index (χ0n) is 8.69. The van der Waals surface area contributed by atoms with Gasteiger partial charge in [0.25, 0.3) is 0 Å². The lowest BCUT2D eigenvalue weighted by molar-refractivity contribution is 0.0702. The molecule has 0 amide bonds. The minimum Gasteiger partial charge on any atom is -0.477 e. The molecule has 0 bridgehead atoms. The molecule has 0 aliphatic heterocycles. The number of hydrogen-bond acceptors (Lipinski definition) is 5. The average Bonchev–Trinajstić information content (AvgIpc) is 2.65. The lowest BCUT2D eigenvalue weighted by atomic mass is 10.2. The Morgan fingerprint density at radius 3 is 3.00 bits per heavy atom. The minimum absolute atomic E-state index is 0.169. The van der Waals surface area contributed by atoms with Gasteiger partial charge in [-0.1, -0.05) is 18.3 Å². The predicted molar refractivity (Wildman–Crippen MR) is 58.7 cm³/mol. The zero-order chi connectivity index (χ0) is 11.3. The number of hydrogen-bond donors (Lipinski definition) is 2. The van der Waals surface area contributed by atoms with Crippen LogP contribution < -0.4 is 5.32 Å². The molecule has 0 fully saturated rings. The Labute approximate surface area is 92.1 Å². The molecule has 0 spiro atoms. The summed E-state index contributed by atoms with van der Waals surface area (Å²) in [6, 6.07) is 0.169. The molecule has 1 unspecified atom stereocenters. The Morgan fingerprint density at radius 1 is 1.80 bits per heavy atom. The molecule has 0 saturated carbocycles. The monoisotopic (exact) mass is 230 g/mol. The number of anilines is 1. The first-order valence-corrected chi connectivity index (χ1v) is 5.43. The summed E-state index contributed by atoms with van der Waals surface area (Å²) in [5.41, 5.74) is 0. The van der Waals surface area contributed by atoms with E-state index in [0.29, 0.717) is 11.7 Å². The summed E-state index contributed by atoms with van der Waals surface area (Å²) >= 11 is 1.13. The van der Waals surface area contributed by atoms with Gasteiger partial charge in [0.15, 0.2) is 5.13 Å². The number of nitrogens with one attached hydrogen (secondary N) is 1. The van der Waals surface area contributed by atoms with Crippen molar-refractivity contribution in [3.8, 4) is 0 Å². The number of carbonyl (C=O) groups is 1. The molecule has 0 saturated heterocycles. The van der Waals surface area contributed by atoms with Crippen molar-refractivity contribution in [2.24, 2.45) is 0 Å². The molecule has 0 aromatic carbocycles. The number of aromatic nitrogens is 1. The third-order valence-electron chi connectivity index (χ3n) is 1.90. The van der Waals surface area contributed by atoms with Crippen LogP contribution in [0.3, 0.4) is 0 Å². The maximum Gasteiger partial charge on any atom is 0.347 e. The zero-order valence-corrected chi connectivity index (χ0v) is 9.50. The topological polar surface area (TPSA) is 71.5 Å². The van der Waals surface area contributed by atoms with Gasteiger partial charge in [0.05, 0.1) is 18.8 Å². The van der Waals surface area contributed by atoms with E-state index in [-0.39, 0.29) is 10.9 Å². The van der Waals surface area contributed by atoms with E-state index in [1.54, 1.807) is 7.11 Å². The minimum atomic E-state index is -0.944. The maximum atomic E-state index is 10.6. The second-order valence-electron chi connectivity index (χ2n) is 3.04. The fourth-order valence-corrected chi connectivity index (χ4v) is 1.81. The van der Waals surface area contributed by atoms with E-state index in [9.17, 15) is 4.79 Å². The lowest BCUT2D eigenvalue weighted by Crippen LogP contribution is -2.23. The summed E-state index contributed by atoms with van der Waals surface area (Å²) in [4.78, 5) is 14.8. The van der Waals surface area contributed by atoms with Gasteiger partial charge in [0.1, 0.15) is 4.88 Å². The Balaban J connectivity index is 2.59. The molecule has 0 radical (unpaired) electrons. The smallest absolute Gasteiger partial charge is 0.347 e. The van der Waals surface area contributed by atoms with Gasteiger partial charge < -0.3 is 15.2 Å². The molecule has 1 aromatic rings. The number of carboxylic acid groups (broad SMARTS) is 1. The van der Waals surface area contributed by atoms with Crippen LogP contribution in [0.5, 0.6) is 0 Å². The number of methoxy groups -OCH3 is 1. The van der Waals surface area contributed by atoms with Crippen molar-refractivity contribution in [2.45, 2.75) is 19.4 Å². The quantitative estimate of drug-likeness (QED) is 0.778. The summed E-state index contributed by atoms with van der Waals surface area (Å²) in [6.45, 7) is 2.61. The van der Waals surface area contributed by atoms with Gasteiger partial charge in [-0.3, -0.25) is 0 Å². The number of thiazole rings is 1. The van der Waals surface area contributed by atoms with E-state index in [2.05, 4.69) is 10.3 Å². The molecule has 2 N–H and O–H groups in total. The van der Waals surface area contributed by atoms with E-state index in [1.165, 1.54) is 6.20 Å². The van der Waals surface area contributed by atoms with Crippen LogP contribution in [0.2, 0.25) is 0 Å². The average molecular weight is 230 g/mol. The second-order valence-corrected chi connectivity index (χ2v) is 4.07. The first-order valence-electron chi connectivity index (χ1n) is 4.62. The highest BCUT2D eigenvalue weighted by molar-refractivity contribution is 7.17. The van der Waals surface area contributed by atoms with Crippen molar-refractivity contribution >= 4 is 22.4 Å². The van der Waals surface area contributed by atoms with Gasteiger partial charge in [0.2, 0.25) is 0 Å². The van der Waals surface area contributed by atoms with Crippen LogP contribution >= 0.6 is 11.3 Å². The third-order valence-corrected chi connectivity index (χ3v) is 2.82. The fourth-order valence-electron chi connectivity index (χ4n) is 1.08. The number of carboxylic acids is 1. The summed E-state index contributed by atoms with van der Waals surface area (Å²) < 4.78 is 5.02. The molecule has 1 aromatic heterocycles. The predicted octanol–water partition coefficient (Wildman–Crippen LogP) is 1.68. The van der Waals surface area contributed by atoms with Crippen molar-refractivity contribution in [3.05, 3.63) is 11.1 Å². The van der Waals surface area contributed by atoms with Crippen molar-refractivity contribution in [2.75, 3.05) is 19.0 Å². The Morgan fingerprint density at radius 2 is 2.53 bits per heavy atom. The van der Waals surface area contributed by atoms with Crippen LogP contribution in [0.4, 0.5) is 5.13 Å². The van der Waals surface area contributed by atoms with Crippen molar-refractivity contribution in [3.63, 3.8) is 0 Å². The molecule has 0 aliphatic rings. The molecular weight excluding hydrogens is 216 g/mol. The van der Waals surface area contributed by atoms with Gasteiger partial charge in [-0.2, -0.15) is 0 Å². The van der Waals surface area contributed by atoms with Crippen LogP contribution in [0, 0.1) is 0 Å². The summed E-state index contributed by atoms with van der Waals surface area (Å²) in [5.74, 6) is -0.944. The maximum absolute atomic E-state index is 10.6. The standard InChI is InChI=1S/C9H14N2O3S/c1-3-6(5-14-2)11-9-10-4-7(15-9)8(12)13/h4,6H,3,5H2,1-2H3,(H,10,11)(H,12,13). The molecule has 1 heterocycles. The van der Waals surface area contributed by atoms with E-state index in [0.717, 1.165) is 17.8 Å². The Hall–Kier alpha value is -1.14. The van der Waals surface area contributed by atoms with Crippen LogP contribution in [0.1, 0.15) is 23.0 Å². The molecule has 1 rings (SSSR count). The molecule has 84 valence electrons. The normalized spacial score (nSPS) is 12.4. The van der Waals surface area contributed by atoms with Crippen LogP contribution in [0.15, 0.2) is 6.20 Å². The van der Waals surface area contributed by atoms with Gasteiger partial charge in [-0.05, 0) is 6.42 Å². The molecule has 1 atom stereocenters. The summed E-state index contributed by atoms with van der Waals surface area (Å²) in [6.07, 6.45) is 2.25. The molecule has 15 heavy (non-hydrogen) atoms. The van der Waals surface area contributed by atoms with E-state index in [4.69, 9.17) is 9.84 Å².